The highest BCUT2D eigenvalue weighted by atomic mass is 127. The number of aliphatic imine (C=N–C) groups is 1. The first kappa shape index (κ1) is 20.0. The third kappa shape index (κ3) is 5.23. The van der Waals surface area contributed by atoms with Gasteiger partial charge in [-0.15, -0.1) is 24.0 Å². The molecule has 6 nitrogen and oxygen atoms in total. The molecule has 0 radical (unpaired) electrons. The summed E-state index contributed by atoms with van der Waals surface area (Å²) in [7, 11) is -1.43. The van der Waals surface area contributed by atoms with Crippen molar-refractivity contribution in [1.29, 1.82) is 0 Å². The molecule has 0 aromatic rings. The molecular formula is C14H29IN4O2S. The van der Waals surface area contributed by atoms with E-state index in [2.05, 4.69) is 19.9 Å². The number of sulfonamides is 1. The Morgan fingerprint density at radius 3 is 2.36 bits per heavy atom. The zero-order valence-corrected chi connectivity index (χ0v) is 17.1. The number of likely N-dealkylation sites (tertiary alicyclic amines) is 1. The summed E-state index contributed by atoms with van der Waals surface area (Å²) in [6, 6.07) is 0. The van der Waals surface area contributed by atoms with Crippen LogP contribution in [-0.2, 0) is 10.0 Å². The average Bonchev–Trinajstić information content (AvgIpc) is 2.71. The van der Waals surface area contributed by atoms with Crippen LogP contribution in [0.5, 0.6) is 0 Å². The Morgan fingerprint density at radius 1 is 1.32 bits per heavy atom. The van der Waals surface area contributed by atoms with Crippen LogP contribution in [0, 0.1) is 5.41 Å². The summed E-state index contributed by atoms with van der Waals surface area (Å²) >= 11 is 0. The van der Waals surface area contributed by atoms with Crippen molar-refractivity contribution in [3.63, 3.8) is 0 Å². The first-order valence-electron chi connectivity index (χ1n) is 7.59. The highest BCUT2D eigenvalue weighted by molar-refractivity contribution is 14.0. The molecule has 8 heteroatoms. The molecule has 2 rings (SSSR count). The molecule has 1 saturated heterocycles. The topological polar surface area (TPSA) is 73.8 Å². The summed E-state index contributed by atoms with van der Waals surface area (Å²) < 4.78 is 25.4. The minimum absolute atomic E-state index is 0. The summed E-state index contributed by atoms with van der Waals surface area (Å²) in [5.41, 5.74) is -0.0183. The highest BCUT2D eigenvalue weighted by Crippen LogP contribution is 2.47. The second-order valence-electron chi connectivity index (χ2n) is 7.18. The van der Waals surface area contributed by atoms with Gasteiger partial charge in [-0.05, 0) is 38.5 Å². The van der Waals surface area contributed by atoms with E-state index in [0.717, 1.165) is 19.0 Å². The van der Waals surface area contributed by atoms with Crippen LogP contribution in [0.15, 0.2) is 4.99 Å². The van der Waals surface area contributed by atoms with Gasteiger partial charge in [0.25, 0.3) is 0 Å². The molecule has 130 valence electrons. The Bertz CT molecular complexity index is 515. The Kier molecular flexibility index (Phi) is 6.54. The summed E-state index contributed by atoms with van der Waals surface area (Å²) in [6.45, 7) is 6.36. The Hall–Kier alpha value is -0.0900. The number of nitrogens with one attached hydrogen (secondary N) is 2. The van der Waals surface area contributed by atoms with Crippen molar-refractivity contribution in [3.05, 3.63) is 0 Å². The van der Waals surface area contributed by atoms with Gasteiger partial charge in [0, 0.05) is 32.2 Å². The van der Waals surface area contributed by atoms with Gasteiger partial charge < -0.3 is 10.2 Å². The summed E-state index contributed by atoms with van der Waals surface area (Å²) in [6.07, 6.45) is 6.46. The van der Waals surface area contributed by atoms with E-state index in [-0.39, 0.29) is 24.0 Å². The number of hydrogen-bond acceptors (Lipinski definition) is 3. The molecule has 1 heterocycles. The van der Waals surface area contributed by atoms with E-state index in [1.54, 1.807) is 7.05 Å². The van der Waals surface area contributed by atoms with E-state index in [9.17, 15) is 8.42 Å². The first-order chi connectivity index (χ1) is 9.65. The number of nitrogens with zero attached hydrogens (tertiary/aromatic N) is 2. The third-order valence-corrected chi connectivity index (χ3v) is 5.44. The van der Waals surface area contributed by atoms with Crippen LogP contribution >= 0.6 is 24.0 Å². The van der Waals surface area contributed by atoms with Crippen molar-refractivity contribution in [2.45, 2.75) is 45.1 Å². The summed E-state index contributed by atoms with van der Waals surface area (Å²) in [4.78, 5) is 6.65. The smallest absolute Gasteiger partial charge is 0.209 e. The molecule has 0 atom stereocenters. The Balaban J connectivity index is 0.00000242. The second kappa shape index (κ2) is 7.21. The van der Waals surface area contributed by atoms with Crippen molar-refractivity contribution in [1.82, 2.24) is 14.9 Å². The molecule has 2 fully saturated rings. The molecule has 0 aromatic heterocycles. The normalized spacial score (nSPS) is 21.5. The lowest BCUT2D eigenvalue weighted by atomic mass is 9.68. The van der Waals surface area contributed by atoms with E-state index < -0.39 is 15.6 Å². The fourth-order valence-electron chi connectivity index (χ4n) is 3.37. The maximum atomic E-state index is 11.4. The van der Waals surface area contributed by atoms with E-state index in [4.69, 9.17) is 0 Å². The van der Waals surface area contributed by atoms with Gasteiger partial charge in [0.1, 0.15) is 0 Å². The first-order valence-corrected chi connectivity index (χ1v) is 9.49. The molecule has 0 bridgehead atoms. The Labute approximate surface area is 151 Å². The molecule has 2 aliphatic rings. The van der Waals surface area contributed by atoms with E-state index >= 15 is 0 Å². The minimum Gasteiger partial charge on any atom is -0.354 e. The standard InChI is InChI=1S/C14H28N4O2S.HI/c1-13(2,17-21(4,19)20)10-16-12(15-3)18-9-8-14(11-18)6-5-7-14;/h17H,5-11H2,1-4H3,(H,15,16);1H. The lowest BCUT2D eigenvalue weighted by Crippen LogP contribution is -2.53. The van der Waals surface area contributed by atoms with Gasteiger partial charge in [-0.1, -0.05) is 6.42 Å². The van der Waals surface area contributed by atoms with Gasteiger partial charge in [-0.25, -0.2) is 13.1 Å². The minimum atomic E-state index is -3.21. The number of guanidine groups is 1. The van der Waals surface area contributed by atoms with Crippen molar-refractivity contribution >= 4 is 40.0 Å². The summed E-state index contributed by atoms with van der Waals surface area (Å²) in [5.74, 6) is 0.877. The largest absolute Gasteiger partial charge is 0.354 e. The summed E-state index contributed by atoms with van der Waals surface area (Å²) in [5, 5.41) is 3.31. The van der Waals surface area contributed by atoms with Crippen molar-refractivity contribution in [2.75, 3.05) is 32.9 Å². The van der Waals surface area contributed by atoms with Crippen molar-refractivity contribution < 1.29 is 8.42 Å². The fraction of sp³-hybridized carbons (Fsp3) is 0.929. The van der Waals surface area contributed by atoms with E-state index in [0.29, 0.717) is 12.0 Å². The third-order valence-electron chi connectivity index (χ3n) is 4.51. The van der Waals surface area contributed by atoms with Crippen LogP contribution in [0.4, 0.5) is 0 Å². The lowest BCUT2D eigenvalue weighted by Gasteiger charge is -2.38. The van der Waals surface area contributed by atoms with Crippen LogP contribution in [0.2, 0.25) is 0 Å². The lowest BCUT2D eigenvalue weighted by molar-refractivity contribution is 0.151. The monoisotopic (exact) mass is 444 g/mol. The van der Waals surface area contributed by atoms with Gasteiger partial charge in [0.2, 0.25) is 10.0 Å². The molecule has 1 saturated carbocycles. The van der Waals surface area contributed by atoms with Gasteiger partial charge in [0.05, 0.1) is 6.26 Å². The maximum absolute atomic E-state index is 11.4. The number of halogens is 1. The van der Waals surface area contributed by atoms with Gasteiger partial charge >= 0.3 is 0 Å². The second-order valence-corrected chi connectivity index (χ2v) is 8.93. The number of rotatable bonds is 4. The molecule has 1 aliphatic heterocycles. The van der Waals surface area contributed by atoms with Crippen LogP contribution in [0.3, 0.4) is 0 Å². The molecule has 0 amide bonds. The predicted molar refractivity (Wildman–Crippen MR) is 101 cm³/mol. The van der Waals surface area contributed by atoms with Crippen molar-refractivity contribution in [2.24, 2.45) is 10.4 Å². The fourth-order valence-corrected chi connectivity index (χ4v) is 4.45. The highest BCUT2D eigenvalue weighted by Gasteiger charge is 2.43. The average molecular weight is 444 g/mol. The van der Waals surface area contributed by atoms with Crippen LogP contribution < -0.4 is 10.0 Å². The predicted octanol–water partition coefficient (Wildman–Crippen LogP) is 1.38. The number of hydrogen-bond donors (Lipinski definition) is 2. The van der Waals surface area contributed by atoms with Crippen LogP contribution in [-0.4, -0.2) is 57.8 Å². The molecule has 0 aromatic carbocycles. The molecule has 1 spiro atoms. The van der Waals surface area contributed by atoms with E-state index in [1.165, 1.54) is 31.9 Å². The van der Waals surface area contributed by atoms with Crippen LogP contribution in [0.1, 0.15) is 39.5 Å². The van der Waals surface area contributed by atoms with Gasteiger partial charge in [-0.3, -0.25) is 4.99 Å². The van der Waals surface area contributed by atoms with Gasteiger partial charge in [-0.2, -0.15) is 0 Å². The quantitative estimate of drug-likeness (QED) is 0.391. The molecular weight excluding hydrogens is 415 g/mol. The maximum Gasteiger partial charge on any atom is 0.209 e. The van der Waals surface area contributed by atoms with Crippen LogP contribution in [0.25, 0.3) is 0 Å². The molecule has 22 heavy (non-hydrogen) atoms. The van der Waals surface area contributed by atoms with Crippen molar-refractivity contribution in [3.8, 4) is 0 Å². The molecule has 0 unspecified atom stereocenters. The van der Waals surface area contributed by atoms with E-state index in [1.807, 2.05) is 13.8 Å². The SMILES string of the molecule is CN=C(NCC(C)(C)NS(C)(=O)=O)N1CCC2(CCC2)C1.I. The molecule has 2 N–H and O–H groups in total. The van der Waals surface area contributed by atoms with Gasteiger partial charge in [0.15, 0.2) is 5.96 Å². The zero-order valence-electron chi connectivity index (χ0n) is 14.0. The molecule has 1 aliphatic carbocycles. The Morgan fingerprint density at radius 2 is 1.95 bits per heavy atom. The zero-order chi connectivity index (χ0) is 15.7.